The summed E-state index contributed by atoms with van der Waals surface area (Å²) in [7, 11) is 0. The van der Waals surface area contributed by atoms with Crippen LogP contribution in [0.15, 0.2) is 0 Å². The highest BCUT2D eigenvalue weighted by atomic mass is 32.7. The molecular weight excluding hydrogens is 179 g/mol. The zero-order chi connectivity index (χ0) is 8.20. The van der Waals surface area contributed by atoms with Crippen LogP contribution in [0, 0.1) is 0 Å². The fraction of sp³-hybridized carbons (Fsp3) is 1.00. The summed E-state index contributed by atoms with van der Waals surface area (Å²) < 4.78 is 10.1. The average Bonchev–Trinajstić information content (AvgIpc) is 1.81. The lowest BCUT2D eigenvalue weighted by Gasteiger charge is -2.06. The molecule has 0 unspecified atom stereocenters. The van der Waals surface area contributed by atoms with Gasteiger partial charge >= 0.3 is 6.80 Å². The lowest BCUT2D eigenvalue weighted by molar-refractivity contribution is 0.113. The van der Waals surface area contributed by atoms with E-state index in [0.717, 1.165) is 0 Å². The van der Waals surface area contributed by atoms with Gasteiger partial charge in [0.1, 0.15) is 0 Å². The molecule has 0 fully saturated rings. The molecule has 0 saturated heterocycles. The van der Waals surface area contributed by atoms with Crippen molar-refractivity contribution >= 4 is 18.2 Å². The number of aliphatic hydroxyl groups is 2. The van der Waals surface area contributed by atoms with Gasteiger partial charge in [-0.15, -0.1) is 0 Å². The largest absolute Gasteiger partial charge is 0.394 e. The molecule has 1 atom stereocenters. The van der Waals surface area contributed by atoms with E-state index in [1.165, 1.54) is 0 Å². The summed E-state index contributed by atoms with van der Waals surface area (Å²) in [6.07, 6.45) is -1.06. The molecular formula is C3H9O5PS. The monoisotopic (exact) mass is 188 g/mol. The molecule has 0 radical (unpaired) electrons. The van der Waals surface area contributed by atoms with Crippen LogP contribution in [-0.2, 0) is 4.57 Å². The molecule has 0 rings (SSSR count). The first kappa shape index (κ1) is 10.4. The predicted octanol–water partition coefficient (Wildman–Crippen LogP) is -0.835. The third kappa shape index (κ3) is 6.54. The zero-order valence-electron chi connectivity index (χ0n) is 5.04. The van der Waals surface area contributed by atoms with Crippen LogP contribution in [-0.4, -0.2) is 38.5 Å². The SMILES string of the molecule is O=P(O)(O)SC[C@H](O)CO. The molecule has 62 valence electrons. The van der Waals surface area contributed by atoms with Crippen LogP contribution in [0.1, 0.15) is 0 Å². The van der Waals surface area contributed by atoms with E-state index in [0.29, 0.717) is 11.4 Å². The van der Waals surface area contributed by atoms with Crippen LogP contribution in [0.4, 0.5) is 0 Å². The Labute approximate surface area is 62.0 Å². The Bertz CT molecular complexity index is 133. The molecule has 10 heavy (non-hydrogen) atoms. The standard InChI is InChI=1S/C3H9O5PS/c4-1-3(5)2-10-9(6,7)8/h3-5H,1-2H2,(H2,6,7,8)/t3-/m1/s1. The fourth-order valence-corrected chi connectivity index (χ4v) is 1.81. The first-order valence-corrected chi connectivity index (χ1v) is 5.65. The van der Waals surface area contributed by atoms with Crippen molar-refractivity contribution in [2.24, 2.45) is 0 Å². The molecule has 5 nitrogen and oxygen atoms in total. The molecule has 7 heteroatoms. The highest BCUT2D eigenvalue weighted by molar-refractivity contribution is 8.54. The minimum absolute atomic E-state index is 0.152. The average molecular weight is 188 g/mol. The number of hydrogen-bond donors (Lipinski definition) is 4. The van der Waals surface area contributed by atoms with Gasteiger partial charge in [0.05, 0.1) is 12.7 Å². The third-order valence-electron chi connectivity index (χ3n) is 0.646. The second-order valence-corrected chi connectivity index (χ2v) is 5.40. The first-order chi connectivity index (χ1) is 4.45. The minimum atomic E-state index is -4.09. The Morgan fingerprint density at radius 1 is 1.50 bits per heavy atom. The Morgan fingerprint density at radius 3 is 2.30 bits per heavy atom. The van der Waals surface area contributed by atoms with Gasteiger partial charge in [0.15, 0.2) is 0 Å². The Balaban J connectivity index is 3.46. The number of aliphatic hydroxyl groups excluding tert-OH is 2. The van der Waals surface area contributed by atoms with Gasteiger partial charge in [-0.1, -0.05) is 0 Å². The van der Waals surface area contributed by atoms with Crippen molar-refractivity contribution in [3.05, 3.63) is 0 Å². The summed E-state index contributed by atoms with van der Waals surface area (Å²) in [6.45, 7) is -4.57. The molecule has 0 aliphatic heterocycles. The van der Waals surface area contributed by atoms with Crippen LogP contribution in [0.25, 0.3) is 0 Å². The van der Waals surface area contributed by atoms with Gasteiger partial charge in [0.25, 0.3) is 0 Å². The van der Waals surface area contributed by atoms with E-state index >= 15 is 0 Å². The molecule has 0 spiro atoms. The lowest BCUT2D eigenvalue weighted by atomic mass is 10.4. The molecule has 0 heterocycles. The van der Waals surface area contributed by atoms with Gasteiger partial charge in [0.2, 0.25) is 0 Å². The molecule has 0 aliphatic rings. The van der Waals surface area contributed by atoms with Crippen LogP contribution >= 0.6 is 18.2 Å². The normalized spacial score (nSPS) is 15.2. The summed E-state index contributed by atoms with van der Waals surface area (Å²) in [5, 5.41) is 16.8. The highest BCUT2D eigenvalue weighted by Gasteiger charge is 2.15. The molecule has 0 saturated carbocycles. The van der Waals surface area contributed by atoms with Crippen LogP contribution in [0.2, 0.25) is 0 Å². The molecule has 0 bridgehead atoms. The van der Waals surface area contributed by atoms with Crippen molar-refractivity contribution in [3.63, 3.8) is 0 Å². The summed E-state index contributed by atoms with van der Waals surface area (Å²) >= 11 is 0.323. The summed E-state index contributed by atoms with van der Waals surface area (Å²) in [5.74, 6) is -0.152. The summed E-state index contributed by atoms with van der Waals surface area (Å²) in [4.78, 5) is 16.5. The Kier molecular flexibility index (Phi) is 4.51. The maximum absolute atomic E-state index is 10.1. The van der Waals surface area contributed by atoms with E-state index in [1.54, 1.807) is 0 Å². The van der Waals surface area contributed by atoms with Crippen molar-refractivity contribution in [1.29, 1.82) is 0 Å². The molecule has 0 aromatic rings. The van der Waals surface area contributed by atoms with Gasteiger partial charge in [-0.3, -0.25) is 0 Å². The molecule has 0 aliphatic carbocycles. The zero-order valence-corrected chi connectivity index (χ0v) is 6.76. The molecule has 4 N–H and O–H groups in total. The Morgan fingerprint density at radius 2 is 2.00 bits per heavy atom. The van der Waals surface area contributed by atoms with Gasteiger partial charge in [-0.2, -0.15) is 0 Å². The van der Waals surface area contributed by atoms with E-state index in [-0.39, 0.29) is 5.75 Å². The van der Waals surface area contributed by atoms with Gasteiger partial charge in [0, 0.05) is 5.75 Å². The lowest BCUT2D eigenvalue weighted by Crippen LogP contribution is -2.14. The topological polar surface area (TPSA) is 98.0 Å². The van der Waals surface area contributed by atoms with Crippen molar-refractivity contribution in [3.8, 4) is 0 Å². The molecule has 0 amide bonds. The second-order valence-electron chi connectivity index (χ2n) is 1.62. The second kappa shape index (κ2) is 4.33. The third-order valence-corrected chi connectivity index (χ3v) is 2.97. The first-order valence-electron chi connectivity index (χ1n) is 2.44. The van der Waals surface area contributed by atoms with E-state index in [2.05, 4.69) is 0 Å². The predicted molar refractivity (Wildman–Crippen MR) is 37.6 cm³/mol. The van der Waals surface area contributed by atoms with Crippen molar-refractivity contribution in [2.75, 3.05) is 12.4 Å². The Hall–Kier alpha value is 0.420. The van der Waals surface area contributed by atoms with Crippen LogP contribution in [0.5, 0.6) is 0 Å². The van der Waals surface area contributed by atoms with Crippen LogP contribution < -0.4 is 0 Å². The number of rotatable bonds is 4. The van der Waals surface area contributed by atoms with Crippen molar-refractivity contribution < 1.29 is 24.6 Å². The van der Waals surface area contributed by atoms with Gasteiger partial charge in [-0.25, -0.2) is 4.57 Å². The minimum Gasteiger partial charge on any atom is -0.394 e. The molecule has 0 aromatic carbocycles. The van der Waals surface area contributed by atoms with Gasteiger partial charge < -0.3 is 20.0 Å². The van der Waals surface area contributed by atoms with E-state index in [4.69, 9.17) is 20.0 Å². The maximum Gasteiger partial charge on any atom is 0.384 e. The van der Waals surface area contributed by atoms with Crippen LogP contribution in [0.3, 0.4) is 0 Å². The highest BCUT2D eigenvalue weighted by Crippen LogP contribution is 2.50. The quantitative estimate of drug-likeness (QED) is 0.430. The summed E-state index contributed by atoms with van der Waals surface area (Å²) in [5.41, 5.74) is 0. The molecule has 0 aromatic heterocycles. The van der Waals surface area contributed by atoms with E-state index < -0.39 is 19.5 Å². The fourth-order valence-electron chi connectivity index (χ4n) is 0.236. The van der Waals surface area contributed by atoms with Crippen molar-refractivity contribution in [1.82, 2.24) is 0 Å². The number of hydrogen-bond acceptors (Lipinski definition) is 4. The maximum atomic E-state index is 10.1. The van der Waals surface area contributed by atoms with E-state index in [1.807, 2.05) is 0 Å². The smallest absolute Gasteiger partial charge is 0.384 e. The van der Waals surface area contributed by atoms with Crippen molar-refractivity contribution in [2.45, 2.75) is 6.10 Å². The summed E-state index contributed by atoms with van der Waals surface area (Å²) in [6, 6.07) is 0. The van der Waals surface area contributed by atoms with E-state index in [9.17, 15) is 4.57 Å². The van der Waals surface area contributed by atoms with Gasteiger partial charge in [-0.05, 0) is 11.4 Å².